The second-order valence-corrected chi connectivity index (χ2v) is 8.47. The number of likely N-dealkylation sites (tertiary alicyclic amines) is 1. The fourth-order valence-corrected chi connectivity index (χ4v) is 2.71. The summed E-state index contributed by atoms with van der Waals surface area (Å²) in [4.78, 5) is 38.6. The van der Waals surface area contributed by atoms with E-state index in [2.05, 4.69) is 5.32 Å². The summed E-state index contributed by atoms with van der Waals surface area (Å²) in [6.07, 6.45) is -0.347. The van der Waals surface area contributed by atoms with Crippen molar-refractivity contribution in [1.82, 2.24) is 10.2 Å². The number of methoxy groups -OCH3 is 1. The van der Waals surface area contributed by atoms with Gasteiger partial charge in [0.1, 0.15) is 17.7 Å². The van der Waals surface area contributed by atoms with Crippen molar-refractivity contribution in [1.29, 1.82) is 0 Å². The second kappa shape index (κ2) is 7.59. The quantitative estimate of drug-likeness (QED) is 0.730. The Labute approximate surface area is 149 Å². The van der Waals surface area contributed by atoms with Gasteiger partial charge in [-0.1, -0.05) is 20.8 Å². The predicted molar refractivity (Wildman–Crippen MR) is 92.7 cm³/mol. The maximum Gasteiger partial charge on any atom is 0.408 e. The van der Waals surface area contributed by atoms with Gasteiger partial charge in [0.05, 0.1) is 7.11 Å². The van der Waals surface area contributed by atoms with Crippen LogP contribution >= 0.6 is 0 Å². The van der Waals surface area contributed by atoms with Gasteiger partial charge in [-0.25, -0.2) is 9.59 Å². The Hall–Kier alpha value is -1.83. The average Bonchev–Trinajstić information content (AvgIpc) is 2.82. The first-order valence-electron chi connectivity index (χ1n) is 8.39. The Bertz CT molecular complexity index is 521. The maximum atomic E-state index is 13.1. The Kier molecular flexibility index (Phi) is 6.44. The first kappa shape index (κ1) is 21.2. The van der Waals surface area contributed by atoms with Gasteiger partial charge < -0.3 is 25.4 Å². The summed E-state index contributed by atoms with van der Waals surface area (Å²) in [6, 6.07) is -1.91. The minimum absolute atomic E-state index is 0.237. The van der Waals surface area contributed by atoms with Crippen LogP contribution in [0.15, 0.2) is 0 Å². The van der Waals surface area contributed by atoms with Gasteiger partial charge in [-0.15, -0.1) is 0 Å². The van der Waals surface area contributed by atoms with E-state index in [1.807, 2.05) is 20.8 Å². The molecule has 1 heterocycles. The molecule has 0 unspecified atom stereocenters. The van der Waals surface area contributed by atoms with Crippen LogP contribution in [0.3, 0.4) is 0 Å². The Morgan fingerprint density at radius 3 is 2.16 bits per heavy atom. The lowest BCUT2D eigenvalue weighted by atomic mass is 9.85. The largest absolute Gasteiger partial charge is 0.467 e. The van der Waals surface area contributed by atoms with Gasteiger partial charge in [0.2, 0.25) is 5.91 Å². The highest BCUT2D eigenvalue weighted by molar-refractivity contribution is 5.91. The summed E-state index contributed by atoms with van der Waals surface area (Å²) in [5.74, 6) is -0.882. The zero-order valence-electron chi connectivity index (χ0n) is 16.2. The summed E-state index contributed by atoms with van der Waals surface area (Å²) in [5, 5.41) is 2.64. The highest BCUT2D eigenvalue weighted by atomic mass is 16.6. The molecule has 0 bridgehead atoms. The molecular formula is C17H31N3O5. The van der Waals surface area contributed by atoms with E-state index in [1.165, 1.54) is 12.0 Å². The number of nitrogens with two attached hydrogens (primary N) is 1. The SMILES string of the molecule is COC(=O)[C@@H]1C[C@@H](N)CN1C(=O)[C@@H](NC(=O)OC(C)(C)C)C(C)(C)C. The van der Waals surface area contributed by atoms with Gasteiger partial charge in [-0.2, -0.15) is 0 Å². The monoisotopic (exact) mass is 357 g/mol. The number of amides is 2. The van der Waals surface area contributed by atoms with Gasteiger partial charge in [-0.3, -0.25) is 4.79 Å². The van der Waals surface area contributed by atoms with Crippen LogP contribution < -0.4 is 11.1 Å². The molecule has 2 amide bonds. The predicted octanol–water partition coefficient (Wildman–Crippen LogP) is 1.03. The van der Waals surface area contributed by atoms with Crippen LogP contribution in [-0.4, -0.2) is 60.3 Å². The fourth-order valence-electron chi connectivity index (χ4n) is 2.71. The highest BCUT2D eigenvalue weighted by Crippen LogP contribution is 2.26. The van der Waals surface area contributed by atoms with Gasteiger partial charge in [0.25, 0.3) is 0 Å². The summed E-state index contributed by atoms with van der Waals surface area (Å²) in [7, 11) is 1.27. The molecular weight excluding hydrogens is 326 g/mol. The molecule has 0 aromatic carbocycles. The molecule has 25 heavy (non-hydrogen) atoms. The van der Waals surface area contributed by atoms with Crippen LogP contribution in [0.25, 0.3) is 0 Å². The second-order valence-electron chi connectivity index (χ2n) is 8.47. The molecule has 0 spiro atoms. The molecule has 8 heteroatoms. The molecule has 1 saturated heterocycles. The molecule has 0 saturated carbocycles. The lowest BCUT2D eigenvalue weighted by molar-refractivity contribution is -0.152. The lowest BCUT2D eigenvalue weighted by Gasteiger charge is -2.35. The highest BCUT2D eigenvalue weighted by Gasteiger charge is 2.44. The van der Waals surface area contributed by atoms with E-state index in [9.17, 15) is 14.4 Å². The minimum Gasteiger partial charge on any atom is -0.467 e. The van der Waals surface area contributed by atoms with Gasteiger partial charge in [0, 0.05) is 12.6 Å². The van der Waals surface area contributed by atoms with E-state index in [-0.39, 0.29) is 18.5 Å². The Morgan fingerprint density at radius 2 is 1.72 bits per heavy atom. The summed E-state index contributed by atoms with van der Waals surface area (Å²) >= 11 is 0. The molecule has 0 radical (unpaired) electrons. The molecule has 0 aromatic rings. The maximum absolute atomic E-state index is 13.1. The number of nitrogens with one attached hydrogen (secondary N) is 1. The van der Waals surface area contributed by atoms with E-state index in [0.29, 0.717) is 6.42 Å². The zero-order valence-corrected chi connectivity index (χ0v) is 16.2. The van der Waals surface area contributed by atoms with E-state index in [0.717, 1.165) is 0 Å². The number of hydrogen-bond donors (Lipinski definition) is 2. The number of carbonyl (C=O) groups is 3. The number of hydrogen-bond acceptors (Lipinski definition) is 6. The molecule has 3 atom stereocenters. The van der Waals surface area contributed by atoms with Crippen molar-refractivity contribution >= 4 is 18.0 Å². The van der Waals surface area contributed by atoms with Crippen molar-refractivity contribution in [3.8, 4) is 0 Å². The van der Waals surface area contributed by atoms with Crippen molar-refractivity contribution < 1.29 is 23.9 Å². The summed E-state index contributed by atoms with van der Waals surface area (Å²) < 4.78 is 10.0. The number of carbonyl (C=O) groups excluding carboxylic acids is 3. The number of nitrogens with zero attached hydrogens (tertiary/aromatic N) is 1. The molecule has 1 aliphatic rings. The minimum atomic E-state index is -0.861. The first-order chi connectivity index (χ1) is 11.3. The van der Waals surface area contributed by atoms with Crippen molar-refractivity contribution in [2.75, 3.05) is 13.7 Å². The molecule has 1 aliphatic heterocycles. The molecule has 144 valence electrons. The van der Waals surface area contributed by atoms with Crippen LogP contribution in [0.5, 0.6) is 0 Å². The Balaban J connectivity index is 3.01. The fraction of sp³-hybridized carbons (Fsp3) is 0.824. The molecule has 1 rings (SSSR count). The third-order valence-corrected chi connectivity index (χ3v) is 3.86. The van der Waals surface area contributed by atoms with Crippen molar-refractivity contribution in [3.05, 3.63) is 0 Å². The van der Waals surface area contributed by atoms with Gasteiger partial charge in [0.15, 0.2) is 0 Å². The average molecular weight is 357 g/mol. The van der Waals surface area contributed by atoms with E-state index >= 15 is 0 Å². The van der Waals surface area contributed by atoms with E-state index in [1.54, 1.807) is 20.8 Å². The van der Waals surface area contributed by atoms with E-state index < -0.39 is 35.2 Å². The molecule has 0 aliphatic carbocycles. The topological polar surface area (TPSA) is 111 Å². The number of rotatable bonds is 3. The van der Waals surface area contributed by atoms with Crippen LogP contribution in [-0.2, 0) is 19.1 Å². The third kappa shape index (κ3) is 5.88. The van der Waals surface area contributed by atoms with Gasteiger partial charge in [-0.05, 0) is 32.6 Å². The molecule has 8 nitrogen and oxygen atoms in total. The summed E-state index contributed by atoms with van der Waals surface area (Å²) in [6.45, 7) is 11.0. The Morgan fingerprint density at radius 1 is 1.16 bits per heavy atom. The summed E-state index contributed by atoms with van der Waals surface area (Å²) in [5.41, 5.74) is 4.66. The van der Waals surface area contributed by atoms with Crippen LogP contribution in [0.4, 0.5) is 4.79 Å². The molecule has 1 fully saturated rings. The van der Waals surface area contributed by atoms with Crippen molar-refractivity contribution in [2.24, 2.45) is 11.1 Å². The van der Waals surface area contributed by atoms with Crippen molar-refractivity contribution in [2.45, 2.75) is 71.7 Å². The zero-order chi connectivity index (χ0) is 19.6. The smallest absolute Gasteiger partial charge is 0.408 e. The van der Waals surface area contributed by atoms with Gasteiger partial charge >= 0.3 is 12.1 Å². The van der Waals surface area contributed by atoms with Crippen molar-refractivity contribution in [3.63, 3.8) is 0 Å². The van der Waals surface area contributed by atoms with Crippen LogP contribution in [0.2, 0.25) is 0 Å². The van der Waals surface area contributed by atoms with Crippen LogP contribution in [0.1, 0.15) is 48.0 Å². The normalized spacial score (nSPS) is 22.3. The standard InChI is InChI=1S/C17H31N3O5/c1-16(2,3)12(19-15(23)25-17(4,5)6)13(21)20-9-10(18)8-11(20)14(22)24-7/h10-12H,8-9,18H2,1-7H3,(H,19,23)/t10-,11+,12-/m1/s1. The molecule has 3 N–H and O–H groups in total. The number of ether oxygens (including phenoxy) is 2. The number of esters is 1. The van der Waals surface area contributed by atoms with E-state index in [4.69, 9.17) is 15.2 Å². The number of alkyl carbamates (subject to hydrolysis) is 1. The molecule has 0 aromatic heterocycles. The first-order valence-corrected chi connectivity index (χ1v) is 8.39. The van der Waals surface area contributed by atoms with Crippen LogP contribution in [0, 0.1) is 5.41 Å². The third-order valence-electron chi connectivity index (χ3n) is 3.86. The lowest BCUT2D eigenvalue weighted by Crippen LogP contribution is -2.57.